The summed E-state index contributed by atoms with van der Waals surface area (Å²) in [4.78, 5) is 9.98. The topological polar surface area (TPSA) is 118 Å². The minimum Gasteiger partial charge on any atom is -0.389 e. The number of hydrogen-bond acceptors (Lipinski definition) is 5. The third kappa shape index (κ3) is 7.71. The summed E-state index contributed by atoms with van der Waals surface area (Å²) in [5.41, 5.74) is 1.59. The first-order valence-electron chi connectivity index (χ1n) is 4.88. The van der Waals surface area contributed by atoms with Crippen molar-refractivity contribution >= 4 is 10.1 Å². The first-order chi connectivity index (χ1) is 8.15. The highest BCUT2D eigenvalue weighted by Crippen LogP contribution is 2.15. The van der Waals surface area contributed by atoms with Crippen LogP contribution in [-0.4, -0.2) is 35.9 Å². The van der Waals surface area contributed by atoms with Gasteiger partial charge in [0.05, 0.1) is 6.26 Å². The third-order valence-corrected chi connectivity index (χ3v) is 1.89. The summed E-state index contributed by atoms with van der Waals surface area (Å²) in [7, 11) is -3.67. The molecule has 102 valence electrons. The molecule has 1 rings (SSSR count). The SMILES string of the molecule is CS(=O)(=O)O.Cc1ccc(C(CO)[N+](=O)[O-])cc1. The van der Waals surface area contributed by atoms with Crippen LogP contribution in [0.5, 0.6) is 0 Å². The van der Waals surface area contributed by atoms with Crippen LogP contribution in [-0.2, 0) is 10.1 Å². The molecule has 8 heteroatoms. The van der Waals surface area contributed by atoms with Gasteiger partial charge in [-0.2, -0.15) is 8.42 Å². The van der Waals surface area contributed by atoms with E-state index in [0.717, 1.165) is 5.56 Å². The van der Waals surface area contributed by atoms with Crippen molar-refractivity contribution in [3.63, 3.8) is 0 Å². The number of rotatable bonds is 3. The first kappa shape index (κ1) is 16.5. The Kier molecular flexibility index (Phi) is 6.45. The van der Waals surface area contributed by atoms with Crippen molar-refractivity contribution in [3.05, 3.63) is 45.5 Å². The van der Waals surface area contributed by atoms with Crippen LogP contribution in [0.25, 0.3) is 0 Å². The molecule has 0 aromatic heterocycles. The number of aryl methyl sites for hydroxylation is 1. The summed E-state index contributed by atoms with van der Waals surface area (Å²) in [6, 6.07) is 5.92. The monoisotopic (exact) mass is 277 g/mol. The van der Waals surface area contributed by atoms with E-state index in [1.807, 2.05) is 6.92 Å². The maximum absolute atomic E-state index is 10.5. The molecule has 0 spiro atoms. The van der Waals surface area contributed by atoms with Gasteiger partial charge in [0.25, 0.3) is 16.2 Å². The Morgan fingerprint density at radius 2 is 1.72 bits per heavy atom. The van der Waals surface area contributed by atoms with Gasteiger partial charge in [-0.15, -0.1) is 0 Å². The van der Waals surface area contributed by atoms with Gasteiger partial charge in [0, 0.05) is 10.5 Å². The smallest absolute Gasteiger partial charge is 0.261 e. The number of aliphatic hydroxyl groups excluding tert-OH is 1. The first-order valence-corrected chi connectivity index (χ1v) is 6.73. The summed E-state index contributed by atoms with van der Waals surface area (Å²) in [5, 5.41) is 19.2. The zero-order chi connectivity index (χ0) is 14.3. The second-order valence-corrected chi connectivity index (χ2v) is 5.09. The lowest BCUT2D eigenvalue weighted by molar-refractivity contribution is -0.532. The fourth-order valence-corrected chi connectivity index (χ4v) is 1.08. The van der Waals surface area contributed by atoms with Crippen LogP contribution in [0.15, 0.2) is 24.3 Å². The summed E-state index contributed by atoms with van der Waals surface area (Å²) in [5.74, 6) is 0. The largest absolute Gasteiger partial charge is 0.389 e. The Morgan fingerprint density at radius 3 is 2.00 bits per heavy atom. The quantitative estimate of drug-likeness (QED) is 0.479. The van der Waals surface area contributed by atoms with E-state index in [4.69, 9.17) is 9.66 Å². The van der Waals surface area contributed by atoms with Crippen LogP contribution in [0.4, 0.5) is 0 Å². The molecule has 0 fully saturated rings. The second-order valence-electron chi connectivity index (χ2n) is 3.63. The zero-order valence-electron chi connectivity index (χ0n) is 9.98. The zero-order valence-corrected chi connectivity index (χ0v) is 10.8. The minimum atomic E-state index is -3.67. The second kappa shape index (κ2) is 7.04. The Hall–Kier alpha value is -1.51. The average Bonchev–Trinajstić information content (AvgIpc) is 2.19. The average molecular weight is 277 g/mol. The van der Waals surface area contributed by atoms with E-state index < -0.39 is 27.7 Å². The van der Waals surface area contributed by atoms with Crippen molar-refractivity contribution < 1.29 is 23.0 Å². The maximum atomic E-state index is 10.5. The molecule has 1 aromatic rings. The molecule has 0 bridgehead atoms. The molecule has 1 unspecified atom stereocenters. The molecule has 0 amide bonds. The van der Waals surface area contributed by atoms with Gasteiger partial charge in [-0.1, -0.05) is 29.8 Å². The molecule has 1 aromatic carbocycles. The van der Waals surface area contributed by atoms with Crippen molar-refractivity contribution in [2.45, 2.75) is 13.0 Å². The number of hydrogen-bond donors (Lipinski definition) is 2. The van der Waals surface area contributed by atoms with Gasteiger partial charge >= 0.3 is 0 Å². The molecule has 0 heterocycles. The molecular weight excluding hydrogens is 262 g/mol. The summed E-state index contributed by atoms with van der Waals surface area (Å²) in [6.07, 6.45) is 0.715. The van der Waals surface area contributed by atoms with Crippen LogP contribution in [0, 0.1) is 17.0 Å². The summed E-state index contributed by atoms with van der Waals surface area (Å²) >= 11 is 0. The maximum Gasteiger partial charge on any atom is 0.261 e. The lowest BCUT2D eigenvalue weighted by Gasteiger charge is -2.06. The highest BCUT2D eigenvalue weighted by molar-refractivity contribution is 7.85. The van der Waals surface area contributed by atoms with E-state index in [9.17, 15) is 18.5 Å². The molecule has 2 N–H and O–H groups in total. The Labute approximate surface area is 105 Å². The van der Waals surface area contributed by atoms with Gasteiger partial charge in [0.2, 0.25) is 0 Å². The van der Waals surface area contributed by atoms with Crippen molar-refractivity contribution in [1.82, 2.24) is 0 Å². The van der Waals surface area contributed by atoms with Gasteiger partial charge < -0.3 is 5.11 Å². The van der Waals surface area contributed by atoms with E-state index >= 15 is 0 Å². The molecule has 0 saturated heterocycles. The molecule has 0 radical (unpaired) electrons. The van der Waals surface area contributed by atoms with Crippen LogP contribution in [0.3, 0.4) is 0 Å². The summed E-state index contributed by atoms with van der Waals surface area (Å²) < 4.78 is 25.9. The Bertz CT molecular complexity index is 474. The Balaban J connectivity index is 0.000000494. The highest BCUT2D eigenvalue weighted by Gasteiger charge is 2.20. The molecule has 0 saturated carbocycles. The van der Waals surface area contributed by atoms with E-state index in [2.05, 4.69) is 0 Å². The molecular formula is C10H15NO6S. The number of nitro groups is 1. The fourth-order valence-electron chi connectivity index (χ4n) is 1.08. The molecule has 0 aliphatic heterocycles. The number of nitrogens with zero attached hydrogens (tertiary/aromatic N) is 1. The van der Waals surface area contributed by atoms with E-state index in [-0.39, 0.29) is 0 Å². The van der Waals surface area contributed by atoms with Gasteiger partial charge in [-0.3, -0.25) is 14.7 Å². The number of aliphatic hydroxyl groups is 1. The van der Waals surface area contributed by atoms with E-state index in [1.54, 1.807) is 24.3 Å². The third-order valence-electron chi connectivity index (χ3n) is 1.89. The number of benzene rings is 1. The van der Waals surface area contributed by atoms with Crippen molar-refractivity contribution in [2.75, 3.05) is 12.9 Å². The predicted molar refractivity (Wildman–Crippen MR) is 65.5 cm³/mol. The van der Waals surface area contributed by atoms with Crippen molar-refractivity contribution in [3.8, 4) is 0 Å². The van der Waals surface area contributed by atoms with Crippen LogP contribution in [0.2, 0.25) is 0 Å². The predicted octanol–water partition coefficient (Wildman–Crippen LogP) is 0.809. The van der Waals surface area contributed by atoms with Crippen LogP contribution >= 0.6 is 0 Å². The van der Waals surface area contributed by atoms with Crippen molar-refractivity contribution in [1.29, 1.82) is 0 Å². The molecule has 0 aliphatic carbocycles. The Morgan fingerprint density at radius 1 is 1.33 bits per heavy atom. The van der Waals surface area contributed by atoms with Gasteiger partial charge in [-0.05, 0) is 6.92 Å². The lowest BCUT2D eigenvalue weighted by Crippen LogP contribution is -2.14. The molecule has 0 aliphatic rings. The van der Waals surface area contributed by atoms with Crippen LogP contribution in [0.1, 0.15) is 17.2 Å². The molecule has 7 nitrogen and oxygen atoms in total. The highest BCUT2D eigenvalue weighted by atomic mass is 32.2. The minimum absolute atomic E-state index is 0.462. The fraction of sp³-hybridized carbons (Fsp3) is 0.400. The van der Waals surface area contributed by atoms with E-state index in [1.165, 1.54) is 0 Å². The normalized spacial score (nSPS) is 12.2. The molecule has 1 atom stereocenters. The van der Waals surface area contributed by atoms with E-state index in [0.29, 0.717) is 11.8 Å². The molecule has 18 heavy (non-hydrogen) atoms. The van der Waals surface area contributed by atoms with Gasteiger partial charge in [0.1, 0.15) is 6.61 Å². The van der Waals surface area contributed by atoms with Crippen molar-refractivity contribution in [2.24, 2.45) is 0 Å². The van der Waals surface area contributed by atoms with Gasteiger partial charge in [0.15, 0.2) is 0 Å². The van der Waals surface area contributed by atoms with Gasteiger partial charge in [-0.25, -0.2) is 0 Å². The van der Waals surface area contributed by atoms with Crippen LogP contribution < -0.4 is 0 Å². The standard InChI is InChI=1S/C9H11NO3.CH4O3S/c1-7-2-4-8(5-3-7)9(6-11)10(12)13;1-5(2,3)4/h2-5,9,11H,6H2,1H3;1H3,(H,2,3,4). The summed E-state index contributed by atoms with van der Waals surface area (Å²) in [6.45, 7) is 1.44. The lowest BCUT2D eigenvalue weighted by atomic mass is 10.1.